The van der Waals surface area contributed by atoms with Crippen LogP contribution in [-0.4, -0.2) is 51.8 Å². The van der Waals surface area contributed by atoms with E-state index in [0.29, 0.717) is 18.9 Å². The van der Waals surface area contributed by atoms with E-state index in [1.54, 1.807) is 17.0 Å². The fourth-order valence-corrected chi connectivity index (χ4v) is 1.89. The van der Waals surface area contributed by atoms with Crippen LogP contribution in [0.25, 0.3) is 0 Å². The van der Waals surface area contributed by atoms with Crippen LogP contribution in [0.2, 0.25) is 0 Å². The van der Waals surface area contributed by atoms with Crippen molar-refractivity contribution in [3.8, 4) is 0 Å². The zero-order chi connectivity index (χ0) is 15.6. The topological polar surface area (TPSA) is 91.8 Å². The van der Waals surface area contributed by atoms with Crippen molar-refractivity contribution < 1.29 is 19.4 Å². The lowest BCUT2D eigenvalue weighted by Crippen LogP contribution is -2.58. The lowest BCUT2D eigenvalue weighted by Gasteiger charge is -2.40. The monoisotopic (exact) mass is 293 g/mol. The van der Waals surface area contributed by atoms with E-state index in [2.05, 4.69) is 10.3 Å². The highest BCUT2D eigenvalue weighted by Crippen LogP contribution is 2.18. The summed E-state index contributed by atoms with van der Waals surface area (Å²) >= 11 is 0. The molecule has 2 heterocycles. The Labute approximate surface area is 122 Å². The number of carboxylic acid groups (broad SMARTS) is 1. The normalized spacial score (nSPS) is 15.3. The maximum atomic E-state index is 11.8. The molecule has 1 amide bonds. The van der Waals surface area contributed by atoms with E-state index < -0.39 is 11.6 Å². The fourth-order valence-electron chi connectivity index (χ4n) is 1.89. The molecule has 0 saturated carbocycles. The fraction of sp³-hybridized carbons (Fsp3) is 0.500. The second-order valence-corrected chi connectivity index (χ2v) is 5.94. The van der Waals surface area contributed by atoms with Gasteiger partial charge in [0, 0.05) is 13.1 Å². The Morgan fingerprint density at radius 1 is 1.38 bits per heavy atom. The van der Waals surface area contributed by atoms with E-state index in [1.807, 2.05) is 20.8 Å². The molecule has 0 aromatic carbocycles. The minimum atomic E-state index is -1.07. The Morgan fingerprint density at radius 2 is 2.05 bits per heavy atom. The molecule has 1 aliphatic rings. The molecule has 1 aliphatic heterocycles. The molecule has 0 spiro atoms. The summed E-state index contributed by atoms with van der Waals surface area (Å²) in [4.78, 5) is 28.2. The van der Waals surface area contributed by atoms with Gasteiger partial charge in [-0.2, -0.15) is 0 Å². The predicted octanol–water partition coefficient (Wildman–Crippen LogP) is 1.81. The molecule has 0 bridgehead atoms. The van der Waals surface area contributed by atoms with Gasteiger partial charge in [0.25, 0.3) is 0 Å². The molecule has 1 fully saturated rings. The highest BCUT2D eigenvalue weighted by Gasteiger charge is 2.33. The van der Waals surface area contributed by atoms with Crippen molar-refractivity contribution in [1.82, 2.24) is 9.88 Å². The quantitative estimate of drug-likeness (QED) is 0.883. The molecule has 0 radical (unpaired) electrons. The molecule has 114 valence electrons. The van der Waals surface area contributed by atoms with Gasteiger partial charge in [-0.15, -0.1) is 0 Å². The number of pyridine rings is 1. The SMILES string of the molecule is CC(C)(C)OC(=O)N1CC(Nc2cccc(C(=O)O)n2)C1. The van der Waals surface area contributed by atoms with Crippen molar-refractivity contribution in [3.63, 3.8) is 0 Å². The molecule has 1 aromatic heterocycles. The number of nitrogens with one attached hydrogen (secondary N) is 1. The van der Waals surface area contributed by atoms with Gasteiger partial charge < -0.3 is 20.1 Å². The standard InChI is InChI=1S/C14H19N3O4/c1-14(2,3)21-13(20)17-7-9(8-17)15-11-6-4-5-10(16-11)12(18)19/h4-6,9H,7-8H2,1-3H3,(H,15,16)(H,18,19). The van der Waals surface area contributed by atoms with Crippen LogP contribution in [0.3, 0.4) is 0 Å². The average molecular weight is 293 g/mol. The van der Waals surface area contributed by atoms with Gasteiger partial charge in [0.05, 0.1) is 6.04 Å². The smallest absolute Gasteiger partial charge is 0.410 e. The van der Waals surface area contributed by atoms with E-state index in [-0.39, 0.29) is 17.8 Å². The molecule has 7 heteroatoms. The summed E-state index contributed by atoms with van der Waals surface area (Å²) in [5.41, 5.74) is -0.518. The Hall–Kier alpha value is -2.31. The second-order valence-electron chi connectivity index (χ2n) is 5.94. The van der Waals surface area contributed by atoms with Gasteiger partial charge in [0.1, 0.15) is 11.4 Å². The summed E-state index contributed by atoms with van der Waals surface area (Å²) in [7, 11) is 0. The van der Waals surface area contributed by atoms with E-state index in [9.17, 15) is 9.59 Å². The van der Waals surface area contributed by atoms with Gasteiger partial charge in [-0.3, -0.25) is 0 Å². The number of carbonyl (C=O) groups excluding carboxylic acids is 1. The van der Waals surface area contributed by atoms with Gasteiger partial charge in [0.15, 0.2) is 5.69 Å². The number of ether oxygens (including phenoxy) is 1. The minimum absolute atomic E-state index is 0.0108. The maximum Gasteiger partial charge on any atom is 0.410 e. The van der Waals surface area contributed by atoms with E-state index in [1.165, 1.54) is 6.07 Å². The summed E-state index contributed by atoms with van der Waals surface area (Å²) in [6.07, 6.45) is -0.340. The Balaban J connectivity index is 1.84. The number of aromatic nitrogens is 1. The first-order valence-electron chi connectivity index (χ1n) is 6.69. The first-order chi connectivity index (χ1) is 9.74. The minimum Gasteiger partial charge on any atom is -0.477 e. The van der Waals surface area contributed by atoms with Gasteiger partial charge in [-0.05, 0) is 32.9 Å². The lowest BCUT2D eigenvalue weighted by molar-refractivity contribution is 0.0104. The molecule has 0 unspecified atom stereocenters. The third kappa shape index (κ3) is 4.08. The summed E-state index contributed by atoms with van der Waals surface area (Å²) in [5, 5.41) is 12.0. The summed E-state index contributed by atoms with van der Waals surface area (Å²) < 4.78 is 5.26. The number of hydrogen-bond donors (Lipinski definition) is 2. The molecule has 2 rings (SSSR count). The number of anilines is 1. The number of likely N-dealkylation sites (tertiary alicyclic amines) is 1. The van der Waals surface area contributed by atoms with E-state index in [4.69, 9.17) is 9.84 Å². The van der Waals surface area contributed by atoms with Crippen LogP contribution in [0.5, 0.6) is 0 Å². The van der Waals surface area contributed by atoms with Crippen LogP contribution in [0, 0.1) is 0 Å². The summed E-state index contributed by atoms with van der Waals surface area (Å²) in [5.74, 6) is -0.577. The highest BCUT2D eigenvalue weighted by atomic mass is 16.6. The van der Waals surface area contributed by atoms with Crippen molar-refractivity contribution in [1.29, 1.82) is 0 Å². The van der Waals surface area contributed by atoms with Crippen LogP contribution in [0.4, 0.5) is 10.6 Å². The second kappa shape index (κ2) is 5.59. The van der Waals surface area contributed by atoms with Crippen molar-refractivity contribution in [2.75, 3.05) is 18.4 Å². The third-order valence-corrected chi connectivity index (χ3v) is 2.85. The average Bonchev–Trinajstić information content (AvgIpc) is 2.31. The van der Waals surface area contributed by atoms with Gasteiger partial charge >= 0.3 is 12.1 Å². The number of carboxylic acids is 1. The van der Waals surface area contributed by atoms with Gasteiger partial charge in [0.2, 0.25) is 0 Å². The first-order valence-corrected chi connectivity index (χ1v) is 6.69. The maximum absolute atomic E-state index is 11.8. The molecule has 21 heavy (non-hydrogen) atoms. The number of carbonyl (C=O) groups is 2. The molecule has 7 nitrogen and oxygen atoms in total. The zero-order valence-corrected chi connectivity index (χ0v) is 12.3. The van der Waals surface area contributed by atoms with Crippen LogP contribution < -0.4 is 5.32 Å². The number of rotatable bonds is 3. The predicted molar refractivity (Wildman–Crippen MR) is 76.4 cm³/mol. The zero-order valence-electron chi connectivity index (χ0n) is 12.3. The molecule has 2 N–H and O–H groups in total. The molecule has 0 atom stereocenters. The number of nitrogens with zero attached hydrogens (tertiary/aromatic N) is 2. The van der Waals surface area contributed by atoms with Crippen LogP contribution in [0.15, 0.2) is 18.2 Å². The molecular formula is C14H19N3O4. The van der Waals surface area contributed by atoms with Crippen molar-refractivity contribution in [3.05, 3.63) is 23.9 Å². The number of hydrogen-bond acceptors (Lipinski definition) is 5. The van der Waals surface area contributed by atoms with Crippen LogP contribution in [0.1, 0.15) is 31.3 Å². The summed E-state index contributed by atoms with van der Waals surface area (Å²) in [6, 6.07) is 4.81. The highest BCUT2D eigenvalue weighted by molar-refractivity contribution is 5.85. The van der Waals surface area contributed by atoms with Crippen molar-refractivity contribution in [2.45, 2.75) is 32.4 Å². The lowest BCUT2D eigenvalue weighted by atomic mass is 10.1. The van der Waals surface area contributed by atoms with Crippen molar-refractivity contribution in [2.24, 2.45) is 0 Å². The molecule has 1 saturated heterocycles. The molecular weight excluding hydrogens is 274 g/mol. The van der Waals surface area contributed by atoms with Crippen molar-refractivity contribution >= 4 is 17.9 Å². The third-order valence-electron chi connectivity index (χ3n) is 2.85. The molecule has 1 aromatic rings. The Morgan fingerprint density at radius 3 is 2.62 bits per heavy atom. The number of amides is 1. The van der Waals surface area contributed by atoms with Gasteiger partial charge in [-0.25, -0.2) is 14.6 Å². The van der Waals surface area contributed by atoms with E-state index >= 15 is 0 Å². The largest absolute Gasteiger partial charge is 0.477 e. The number of aromatic carboxylic acids is 1. The first kappa shape index (κ1) is 15.1. The van der Waals surface area contributed by atoms with Crippen LogP contribution >= 0.6 is 0 Å². The van der Waals surface area contributed by atoms with E-state index in [0.717, 1.165) is 0 Å². The molecule has 0 aliphatic carbocycles. The summed E-state index contributed by atoms with van der Waals surface area (Å²) in [6.45, 7) is 6.48. The van der Waals surface area contributed by atoms with Crippen LogP contribution in [-0.2, 0) is 4.74 Å². The Kier molecular flexibility index (Phi) is 4.02. The van der Waals surface area contributed by atoms with Gasteiger partial charge in [-0.1, -0.05) is 6.07 Å². The Bertz CT molecular complexity index is 547.